The lowest BCUT2D eigenvalue weighted by Crippen LogP contribution is -1.86. The minimum Gasteiger partial charge on any atom is -0.348 e. The van der Waals surface area contributed by atoms with Crippen LogP contribution in [0.2, 0.25) is 0 Å². The van der Waals surface area contributed by atoms with Gasteiger partial charge in [0.2, 0.25) is 0 Å². The highest BCUT2D eigenvalue weighted by Crippen LogP contribution is 2.17. The highest BCUT2D eigenvalue weighted by molar-refractivity contribution is 7.97. The zero-order chi connectivity index (χ0) is 10.5. The Morgan fingerprint density at radius 1 is 1.19 bits per heavy atom. The standard InChI is InChI=1S/C12H14N2S.ClH/c1-10-12(14-9-13-10)8-15-7-11-5-3-2-4-6-11;/h2-6,9H,7-8H2,1H3,(H,13,14);1H. The van der Waals surface area contributed by atoms with Crippen LogP contribution in [0.3, 0.4) is 0 Å². The summed E-state index contributed by atoms with van der Waals surface area (Å²) < 4.78 is 0. The normalized spacial score (nSPS) is 9.81. The second kappa shape index (κ2) is 6.61. The molecular weight excluding hydrogens is 240 g/mol. The minimum absolute atomic E-state index is 0. The highest BCUT2D eigenvalue weighted by atomic mass is 35.5. The van der Waals surface area contributed by atoms with E-state index in [2.05, 4.69) is 41.2 Å². The van der Waals surface area contributed by atoms with Crippen molar-refractivity contribution in [1.29, 1.82) is 0 Å². The molecular formula is C12H15ClN2S. The molecule has 0 aliphatic rings. The molecule has 1 aromatic carbocycles. The summed E-state index contributed by atoms with van der Waals surface area (Å²) in [5, 5.41) is 0. The van der Waals surface area contributed by atoms with E-state index in [1.807, 2.05) is 17.8 Å². The molecule has 2 rings (SSSR count). The maximum absolute atomic E-state index is 4.27. The molecule has 0 fully saturated rings. The van der Waals surface area contributed by atoms with Gasteiger partial charge in [0.1, 0.15) is 0 Å². The van der Waals surface area contributed by atoms with Crippen molar-refractivity contribution in [2.45, 2.75) is 18.4 Å². The van der Waals surface area contributed by atoms with E-state index < -0.39 is 0 Å². The number of hydrogen-bond acceptors (Lipinski definition) is 2. The van der Waals surface area contributed by atoms with Gasteiger partial charge in [0.05, 0.1) is 12.0 Å². The molecule has 0 aliphatic carbocycles. The molecule has 0 saturated carbocycles. The molecule has 1 N–H and O–H groups in total. The average Bonchev–Trinajstić information content (AvgIpc) is 2.66. The summed E-state index contributed by atoms with van der Waals surface area (Å²) in [5.74, 6) is 2.03. The fourth-order valence-electron chi connectivity index (χ4n) is 1.37. The van der Waals surface area contributed by atoms with Gasteiger partial charge in [-0.05, 0) is 12.5 Å². The van der Waals surface area contributed by atoms with E-state index in [9.17, 15) is 0 Å². The Balaban J connectivity index is 0.00000128. The number of aromatic nitrogens is 2. The van der Waals surface area contributed by atoms with Crippen molar-refractivity contribution in [2.75, 3.05) is 0 Å². The number of imidazole rings is 1. The molecule has 0 radical (unpaired) electrons. The van der Waals surface area contributed by atoms with Gasteiger partial charge in [-0.25, -0.2) is 4.98 Å². The van der Waals surface area contributed by atoms with Crippen LogP contribution in [0.5, 0.6) is 0 Å². The maximum atomic E-state index is 4.27. The van der Waals surface area contributed by atoms with Crippen molar-refractivity contribution >= 4 is 24.2 Å². The first-order chi connectivity index (χ1) is 7.36. The monoisotopic (exact) mass is 254 g/mol. The summed E-state index contributed by atoms with van der Waals surface area (Å²) in [6.45, 7) is 2.06. The number of aromatic amines is 1. The Bertz CT molecular complexity index is 414. The molecule has 0 saturated heterocycles. The third kappa shape index (κ3) is 3.58. The molecule has 0 atom stereocenters. The van der Waals surface area contributed by atoms with Crippen molar-refractivity contribution < 1.29 is 0 Å². The van der Waals surface area contributed by atoms with Crippen molar-refractivity contribution in [3.05, 3.63) is 53.6 Å². The third-order valence-electron chi connectivity index (χ3n) is 2.28. The van der Waals surface area contributed by atoms with E-state index in [0.717, 1.165) is 17.2 Å². The van der Waals surface area contributed by atoms with E-state index >= 15 is 0 Å². The molecule has 4 heteroatoms. The van der Waals surface area contributed by atoms with Crippen LogP contribution in [-0.4, -0.2) is 9.97 Å². The van der Waals surface area contributed by atoms with Gasteiger partial charge in [-0.2, -0.15) is 11.8 Å². The van der Waals surface area contributed by atoms with Crippen LogP contribution in [0.4, 0.5) is 0 Å². The summed E-state index contributed by atoms with van der Waals surface area (Å²) in [6.07, 6.45) is 1.76. The molecule has 86 valence electrons. The second-order valence-electron chi connectivity index (χ2n) is 3.45. The molecule has 0 bridgehead atoms. The number of rotatable bonds is 4. The van der Waals surface area contributed by atoms with Gasteiger partial charge < -0.3 is 4.98 Å². The second-order valence-corrected chi connectivity index (χ2v) is 4.44. The van der Waals surface area contributed by atoms with Gasteiger partial charge >= 0.3 is 0 Å². The van der Waals surface area contributed by atoms with Crippen LogP contribution in [0.25, 0.3) is 0 Å². The van der Waals surface area contributed by atoms with E-state index in [1.165, 1.54) is 11.3 Å². The van der Waals surface area contributed by atoms with Crippen LogP contribution in [0.1, 0.15) is 17.0 Å². The van der Waals surface area contributed by atoms with Crippen molar-refractivity contribution in [2.24, 2.45) is 0 Å². The molecule has 0 aliphatic heterocycles. The Morgan fingerprint density at radius 3 is 2.56 bits per heavy atom. The number of benzene rings is 1. The molecule has 0 spiro atoms. The van der Waals surface area contributed by atoms with E-state index in [0.29, 0.717) is 0 Å². The fraction of sp³-hybridized carbons (Fsp3) is 0.250. The van der Waals surface area contributed by atoms with Gasteiger partial charge in [0.25, 0.3) is 0 Å². The topological polar surface area (TPSA) is 28.7 Å². The average molecular weight is 255 g/mol. The van der Waals surface area contributed by atoms with Crippen molar-refractivity contribution in [1.82, 2.24) is 9.97 Å². The number of H-pyrrole nitrogens is 1. The molecule has 16 heavy (non-hydrogen) atoms. The summed E-state index contributed by atoms with van der Waals surface area (Å²) >= 11 is 1.90. The number of hydrogen-bond donors (Lipinski definition) is 1. The first-order valence-corrected chi connectivity index (χ1v) is 6.12. The zero-order valence-electron chi connectivity index (χ0n) is 9.14. The number of nitrogens with zero attached hydrogens (tertiary/aromatic N) is 1. The summed E-state index contributed by atoms with van der Waals surface area (Å²) in [7, 11) is 0. The number of aryl methyl sites for hydroxylation is 1. The Labute approximate surface area is 106 Å². The smallest absolute Gasteiger partial charge is 0.0925 e. The molecule has 0 amide bonds. The Hall–Kier alpha value is -0.930. The van der Waals surface area contributed by atoms with Crippen LogP contribution in [0.15, 0.2) is 36.7 Å². The minimum atomic E-state index is 0. The Morgan fingerprint density at radius 2 is 1.94 bits per heavy atom. The van der Waals surface area contributed by atoms with Gasteiger partial charge in [-0.1, -0.05) is 30.3 Å². The summed E-state index contributed by atoms with van der Waals surface area (Å²) in [4.78, 5) is 7.36. The predicted molar refractivity (Wildman–Crippen MR) is 72.0 cm³/mol. The molecule has 0 unspecified atom stereocenters. The lowest BCUT2D eigenvalue weighted by molar-refractivity contribution is 1.19. The largest absolute Gasteiger partial charge is 0.348 e. The third-order valence-corrected chi connectivity index (χ3v) is 3.30. The number of halogens is 1. The summed E-state index contributed by atoms with van der Waals surface area (Å²) in [6, 6.07) is 10.5. The fourth-order valence-corrected chi connectivity index (χ4v) is 2.39. The van der Waals surface area contributed by atoms with Crippen molar-refractivity contribution in [3.63, 3.8) is 0 Å². The lowest BCUT2D eigenvalue weighted by atomic mass is 10.2. The first-order valence-electron chi connectivity index (χ1n) is 4.97. The zero-order valence-corrected chi connectivity index (χ0v) is 10.8. The number of nitrogens with one attached hydrogen (secondary N) is 1. The SMILES string of the molecule is Cc1[nH]cnc1CSCc1ccccc1.Cl. The maximum Gasteiger partial charge on any atom is 0.0925 e. The van der Waals surface area contributed by atoms with Crippen LogP contribution in [0, 0.1) is 6.92 Å². The quantitative estimate of drug-likeness (QED) is 0.904. The van der Waals surface area contributed by atoms with Gasteiger partial charge in [-0.15, -0.1) is 12.4 Å². The van der Waals surface area contributed by atoms with E-state index in [4.69, 9.17) is 0 Å². The van der Waals surface area contributed by atoms with Gasteiger partial charge in [0, 0.05) is 17.2 Å². The predicted octanol–water partition coefficient (Wildman–Crippen LogP) is 3.57. The van der Waals surface area contributed by atoms with Crippen LogP contribution >= 0.6 is 24.2 Å². The molecule has 2 nitrogen and oxygen atoms in total. The van der Waals surface area contributed by atoms with Gasteiger partial charge in [0.15, 0.2) is 0 Å². The van der Waals surface area contributed by atoms with Gasteiger partial charge in [-0.3, -0.25) is 0 Å². The number of thioether (sulfide) groups is 1. The van der Waals surface area contributed by atoms with Crippen molar-refractivity contribution in [3.8, 4) is 0 Å². The molecule has 1 heterocycles. The first kappa shape index (κ1) is 13.1. The lowest BCUT2D eigenvalue weighted by Gasteiger charge is -2.00. The Kier molecular flexibility index (Phi) is 5.43. The van der Waals surface area contributed by atoms with E-state index in [-0.39, 0.29) is 12.4 Å². The summed E-state index contributed by atoms with van der Waals surface area (Å²) in [5.41, 5.74) is 3.71. The molecule has 2 aromatic rings. The van der Waals surface area contributed by atoms with Crippen LogP contribution in [-0.2, 0) is 11.5 Å². The van der Waals surface area contributed by atoms with E-state index in [1.54, 1.807) is 6.33 Å². The van der Waals surface area contributed by atoms with Crippen LogP contribution < -0.4 is 0 Å². The highest BCUT2D eigenvalue weighted by Gasteiger charge is 2.00. The molecule has 1 aromatic heterocycles.